The summed E-state index contributed by atoms with van der Waals surface area (Å²) in [4.78, 5) is 0. The van der Waals surface area contributed by atoms with Gasteiger partial charge in [0.15, 0.2) is 0 Å². The number of ether oxygens (including phenoxy) is 1. The summed E-state index contributed by atoms with van der Waals surface area (Å²) in [6.07, 6.45) is 0. The molecule has 0 bridgehead atoms. The van der Waals surface area contributed by atoms with Crippen molar-refractivity contribution < 1.29 is 21.8 Å². The number of hydrogen-bond donors (Lipinski definition) is 0. The first-order valence-corrected chi connectivity index (χ1v) is 9.09. The Morgan fingerprint density at radius 2 is 1.32 bits per heavy atom. The molecule has 0 aromatic heterocycles. The third-order valence-electron chi connectivity index (χ3n) is 4.47. The number of hydrogen-bond acceptors (Lipinski definition) is 1. The molecule has 0 amide bonds. The summed E-state index contributed by atoms with van der Waals surface area (Å²) in [6, 6.07) is 37.3. The Kier molecular flexibility index (Phi) is 8.55. The fourth-order valence-electron chi connectivity index (χ4n) is 3.05. The molecule has 0 fully saturated rings. The van der Waals surface area contributed by atoms with E-state index in [0.29, 0.717) is 0 Å². The van der Waals surface area contributed by atoms with Gasteiger partial charge in [-0.3, -0.25) is 0 Å². The molecule has 2 heteroatoms. The van der Waals surface area contributed by atoms with Crippen LogP contribution in [0.4, 0.5) is 0 Å². The summed E-state index contributed by atoms with van der Waals surface area (Å²) < 4.78 is 5.27. The molecule has 1 nitrogen and oxygen atoms in total. The number of allylic oxidation sites excluding steroid dienone is 1. The quantitative estimate of drug-likeness (QED) is 0.267. The van der Waals surface area contributed by atoms with Gasteiger partial charge < -0.3 is 4.74 Å². The van der Waals surface area contributed by atoms with Gasteiger partial charge in [-0.25, -0.2) is 12.1 Å². The first-order valence-electron chi connectivity index (χ1n) is 9.09. The standard InChI is InChI=1S/C21H19O.C5H5.Fe/c1-16(17-8-6-7-9-17)21(18-10-4-3-5-11-18)19-12-14-20(22-2)15-13-19;1-2-4-5-3-1;/h3-15H,1-2H3;1-5H;/q2*-1;+2. The molecule has 28 heavy (non-hydrogen) atoms. The summed E-state index contributed by atoms with van der Waals surface area (Å²) in [6.45, 7) is 2.18. The predicted octanol–water partition coefficient (Wildman–Crippen LogP) is 6.80. The largest absolute Gasteiger partial charge is 2.00 e. The van der Waals surface area contributed by atoms with Crippen molar-refractivity contribution in [2.45, 2.75) is 6.92 Å². The zero-order valence-corrected chi connectivity index (χ0v) is 17.3. The van der Waals surface area contributed by atoms with Gasteiger partial charge in [-0.05, 0) is 12.1 Å². The first kappa shape index (κ1) is 21.5. The first-order chi connectivity index (χ1) is 13.3. The zero-order chi connectivity index (χ0) is 18.9. The monoisotopic (exact) mass is 408 g/mol. The van der Waals surface area contributed by atoms with E-state index in [1.54, 1.807) is 7.11 Å². The minimum Gasteiger partial charge on any atom is -0.497 e. The zero-order valence-electron chi connectivity index (χ0n) is 16.2. The van der Waals surface area contributed by atoms with Gasteiger partial charge in [-0.1, -0.05) is 66.1 Å². The van der Waals surface area contributed by atoms with Gasteiger partial charge >= 0.3 is 17.1 Å². The van der Waals surface area contributed by atoms with Crippen molar-refractivity contribution in [1.82, 2.24) is 0 Å². The van der Waals surface area contributed by atoms with Gasteiger partial charge in [0.2, 0.25) is 0 Å². The minimum atomic E-state index is 0. The van der Waals surface area contributed by atoms with Crippen molar-refractivity contribution in [3.63, 3.8) is 0 Å². The van der Waals surface area contributed by atoms with Crippen LogP contribution in [-0.2, 0) is 17.1 Å². The van der Waals surface area contributed by atoms with Crippen LogP contribution < -0.4 is 4.74 Å². The van der Waals surface area contributed by atoms with E-state index in [-0.39, 0.29) is 17.1 Å². The Balaban J connectivity index is 0.000000408. The molecule has 0 heterocycles. The van der Waals surface area contributed by atoms with Crippen LogP contribution in [0.25, 0.3) is 11.1 Å². The molecule has 0 N–H and O–H groups in total. The molecule has 0 aliphatic carbocycles. The van der Waals surface area contributed by atoms with Crippen molar-refractivity contribution in [1.29, 1.82) is 0 Å². The van der Waals surface area contributed by atoms with Crippen LogP contribution >= 0.6 is 0 Å². The van der Waals surface area contributed by atoms with Crippen LogP contribution in [0.5, 0.6) is 5.75 Å². The van der Waals surface area contributed by atoms with Crippen molar-refractivity contribution in [2.75, 3.05) is 7.11 Å². The maximum atomic E-state index is 5.27. The SMILES string of the molecule is COc1ccc(C(=C(C)[c-]2cccc2)c2ccccc2)cc1.[Fe+2].c1cc[cH-]c1. The Morgan fingerprint density at radius 1 is 0.750 bits per heavy atom. The average Bonchev–Trinajstić information content (AvgIpc) is 3.46. The minimum absolute atomic E-state index is 0. The molecule has 4 aromatic carbocycles. The maximum Gasteiger partial charge on any atom is 2.00 e. The Bertz CT molecular complexity index is 914. The molecular formula is C26H24FeO. The van der Waals surface area contributed by atoms with Crippen LogP contribution in [0, 0.1) is 0 Å². The van der Waals surface area contributed by atoms with Crippen molar-refractivity contribution in [3.05, 3.63) is 126 Å². The molecule has 4 aromatic rings. The van der Waals surface area contributed by atoms with E-state index in [4.69, 9.17) is 4.74 Å². The van der Waals surface area contributed by atoms with Crippen LogP contribution in [0.15, 0.2) is 109 Å². The van der Waals surface area contributed by atoms with Gasteiger partial charge in [0.25, 0.3) is 0 Å². The van der Waals surface area contributed by atoms with Crippen LogP contribution in [0.3, 0.4) is 0 Å². The van der Waals surface area contributed by atoms with Gasteiger partial charge in [0.1, 0.15) is 5.75 Å². The maximum absolute atomic E-state index is 5.27. The third-order valence-corrected chi connectivity index (χ3v) is 4.47. The molecule has 0 spiro atoms. The summed E-state index contributed by atoms with van der Waals surface area (Å²) in [5, 5.41) is 0. The summed E-state index contributed by atoms with van der Waals surface area (Å²) in [5.41, 5.74) is 6.22. The number of benzene rings is 2. The van der Waals surface area contributed by atoms with Gasteiger partial charge in [-0.2, -0.15) is 30.3 Å². The molecule has 0 unspecified atom stereocenters. The van der Waals surface area contributed by atoms with E-state index < -0.39 is 0 Å². The molecule has 0 aliphatic heterocycles. The Labute approximate surface area is 178 Å². The second kappa shape index (κ2) is 11.1. The third kappa shape index (κ3) is 5.60. The second-order valence-electron chi connectivity index (χ2n) is 6.23. The van der Waals surface area contributed by atoms with Crippen molar-refractivity contribution in [3.8, 4) is 5.75 Å². The topological polar surface area (TPSA) is 9.23 Å². The molecule has 0 aliphatic rings. The fraction of sp³-hybridized carbons (Fsp3) is 0.0769. The molecule has 0 radical (unpaired) electrons. The van der Waals surface area contributed by atoms with E-state index in [2.05, 4.69) is 67.6 Å². The van der Waals surface area contributed by atoms with Gasteiger partial charge in [0, 0.05) is 0 Å². The summed E-state index contributed by atoms with van der Waals surface area (Å²) in [5.74, 6) is 0.877. The number of rotatable bonds is 4. The van der Waals surface area contributed by atoms with E-state index >= 15 is 0 Å². The van der Waals surface area contributed by atoms with Crippen LogP contribution in [0.1, 0.15) is 23.6 Å². The molecule has 0 saturated heterocycles. The van der Waals surface area contributed by atoms with Gasteiger partial charge in [0.05, 0.1) is 7.11 Å². The molecule has 142 valence electrons. The van der Waals surface area contributed by atoms with E-state index in [1.165, 1.54) is 27.8 Å². The number of methoxy groups -OCH3 is 1. The average molecular weight is 408 g/mol. The smallest absolute Gasteiger partial charge is 0.497 e. The molecular weight excluding hydrogens is 384 g/mol. The van der Waals surface area contributed by atoms with Crippen LogP contribution in [0.2, 0.25) is 0 Å². The summed E-state index contributed by atoms with van der Waals surface area (Å²) >= 11 is 0. The van der Waals surface area contributed by atoms with Crippen molar-refractivity contribution >= 4 is 11.1 Å². The van der Waals surface area contributed by atoms with Gasteiger partial charge in [-0.15, -0.1) is 23.3 Å². The van der Waals surface area contributed by atoms with Crippen LogP contribution in [-0.4, -0.2) is 7.11 Å². The molecule has 0 saturated carbocycles. The fourth-order valence-corrected chi connectivity index (χ4v) is 3.05. The molecule has 4 rings (SSSR count). The van der Waals surface area contributed by atoms with E-state index in [9.17, 15) is 0 Å². The molecule has 0 atom stereocenters. The second-order valence-corrected chi connectivity index (χ2v) is 6.23. The Morgan fingerprint density at radius 3 is 1.82 bits per heavy atom. The predicted molar refractivity (Wildman–Crippen MR) is 115 cm³/mol. The van der Waals surface area contributed by atoms with E-state index in [0.717, 1.165) is 5.75 Å². The summed E-state index contributed by atoms with van der Waals surface area (Å²) in [7, 11) is 1.69. The Hall–Kier alpha value is -2.80. The van der Waals surface area contributed by atoms with Crippen molar-refractivity contribution in [2.24, 2.45) is 0 Å². The normalized spacial score (nSPS) is 10.8. The van der Waals surface area contributed by atoms with E-state index in [1.807, 2.05) is 48.5 Å².